The molecule has 0 spiro atoms. The summed E-state index contributed by atoms with van der Waals surface area (Å²) in [5.41, 5.74) is 0.660. The lowest BCUT2D eigenvalue weighted by Gasteiger charge is -2.65. The van der Waals surface area contributed by atoms with Gasteiger partial charge in [-0.2, -0.15) is 0 Å². The van der Waals surface area contributed by atoms with Gasteiger partial charge in [0.15, 0.2) is 11.6 Å². The summed E-state index contributed by atoms with van der Waals surface area (Å²) < 4.78 is 13.4. The molecule has 2 aliphatic heterocycles. The van der Waals surface area contributed by atoms with E-state index in [1.807, 2.05) is 0 Å². The van der Waals surface area contributed by atoms with Crippen molar-refractivity contribution in [3.63, 3.8) is 0 Å². The summed E-state index contributed by atoms with van der Waals surface area (Å²) in [6, 6.07) is 0. The van der Waals surface area contributed by atoms with Crippen LogP contribution in [0.2, 0.25) is 0 Å². The van der Waals surface area contributed by atoms with E-state index in [0.29, 0.717) is 18.5 Å². The molecular weight excluding hydrogens is 343 g/mol. The van der Waals surface area contributed by atoms with Crippen LogP contribution in [-0.4, -0.2) is 32.8 Å². The van der Waals surface area contributed by atoms with Crippen molar-refractivity contribution in [3.8, 4) is 0 Å². The molecule has 2 heterocycles. The SMILES string of the molecule is CCCC1CC2(CCC)OC(O)(CCC)CC(CCC)(O2)P1C(C)(C)C. The molecule has 0 saturated carbocycles. The molecule has 26 heavy (non-hydrogen) atoms. The van der Waals surface area contributed by atoms with Crippen LogP contribution in [0.1, 0.15) is 113 Å². The third-order valence-electron chi connectivity index (χ3n) is 5.91. The lowest BCUT2D eigenvalue weighted by molar-refractivity contribution is -0.420. The summed E-state index contributed by atoms with van der Waals surface area (Å²) in [6.07, 6.45) is 9.75. The van der Waals surface area contributed by atoms with Gasteiger partial charge in [-0.15, -0.1) is 0 Å². The van der Waals surface area contributed by atoms with Crippen molar-refractivity contribution in [2.75, 3.05) is 0 Å². The number of rotatable bonds is 8. The van der Waals surface area contributed by atoms with Gasteiger partial charge in [-0.05, 0) is 23.7 Å². The average molecular weight is 387 g/mol. The first-order valence-electron chi connectivity index (χ1n) is 11.0. The van der Waals surface area contributed by atoms with Crippen molar-refractivity contribution in [2.45, 2.75) is 140 Å². The van der Waals surface area contributed by atoms with Gasteiger partial charge in [-0.3, -0.25) is 0 Å². The Labute approximate surface area is 163 Å². The lowest BCUT2D eigenvalue weighted by Crippen LogP contribution is -2.65. The van der Waals surface area contributed by atoms with Gasteiger partial charge in [-0.1, -0.05) is 82.1 Å². The zero-order valence-corrected chi connectivity index (χ0v) is 19.3. The zero-order chi connectivity index (χ0) is 19.6. The van der Waals surface area contributed by atoms with Crippen molar-refractivity contribution in [3.05, 3.63) is 0 Å². The van der Waals surface area contributed by atoms with Crippen LogP contribution >= 0.6 is 7.92 Å². The molecule has 3 nitrogen and oxygen atoms in total. The van der Waals surface area contributed by atoms with Crippen LogP contribution in [0.25, 0.3) is 0 Å². The summed E-state index contributed by atoms with van der Waals surface area (Å²) >= 11 is 0. The van der Waals surface area contributed by atoms with Crippen LogP contribution in [0.5, 0.6) is 0 Å². The van der Waals surface area contributed by atoms with E-state index >= 15 is 0 Å². The minimum Gasteiger partial charge on any atom is -0.365 e. The van der Waals surface area contributed by atoms with Crippen LogP contribution in [-0.2, 0) is 9.47 Å². The molecule has 5 atom stereocenters. The van der Waals surface area contributed by atoms with Gasteiger partial charge >= 0.3 is 0 Å². The first-order valence-corrected chi connectivity index (χ1v) is 12.4. The van der Waals surface area contributed by atoms with Crippen LogP contribution in [0.4, 0.5) is 0 Å². The Morgan fingerprint density at radius 3 is 2.04 bits per heavy atom. The van der Waals surface area contributed by atoms with Crippen molar-refractivity contribution < 1.29 is 14.6 Å². The molecule has 2 fully saturated rings. The highest BCUT2D eigenvalue weighted by molar-refractivity contribution is 7.61. The first kappa shape index (κ1) is 22.6. The number of fused-ring (bicyclic) bond motifs is 2. The second-order valence-electron chi connectivity index (χ2n) is 9.62. The molecule has 0 aliphatic carbocycles. The highest BCUT2D eigenvalue weighted by Crippen LogP contribution is 2.74. The van der Waals surface area contributed by atoms with E-state index in [9.17, 15) is 5.11 Å². The first-order chi connectivity index (χ1) is 12.1. The van der Waals surface area contributed by atoms with Gasteiger partial charge in [0, 0.05) is 25.7 Å². The predicted octanol–water partition coefficient (Wildman–Crippen LogP) is 6.76. The Balaban J connectivity index is 2.56. The van der Waals surface area contributed by atoms with E-state index in [2.05, 4.69) is 48.5 Å². The number of hydrogen-bond acceptors (Lipinski definition) is 3. The Morgan fingerprint density at radius 2 is 1.54 bits per heavy atom. The molecule has 0 radical (unpaired) electrons. The minimum atomic E-state index is -1.03. The molecular formula is C22H43O3P. The maximum atomic E-state index is 11.5. The Bertz CT molecular complexity index is 459. The van der Waals surface area contributed by atoms with Gasteiger partial charge in [0.2, 0.25) is 0 Å². The summed E-state index contributed by atoms with van der Waals surface area (Å²) in [5.74, 6) is -1.61. The maximum Gasteiger partial charge on any atom is 0.173 e. The molecule has 154 valence electrons. The summed E-state index contributed by atoms with van der Waals surface area (Å²) in [7, 11) is -0.385. The summed E-state index contributed by atoms with van der Waals surface area (Å²) in [5, 5.41) is 11.5. The van der Waals surface area contributed by atoms with Gasteiger partial charge in [0.1, 0.15) is 0 Å². The minimum absolute atomic E-state index is 0.211. The van der Waals surface area contributed by atoms with E-state index in [-0.39, 0.29) is 18.4 Å². The van der Waals surface area contributed by atoms with Crippen LogP contribution in [0.3, 0.4) is 0 Å². The normalized spacial score (nSPS) is 40.6. The fourth-order valence-electron chi connectivity index (χ4n) is 5.71. The lowest BCUT2D eigenvalue weighted by atomic mass is 9.92. The summed E-state index contributed by atoms with van der Waals surface area (Å²) in [6.45, 7) is 16.1. The van der Waals surface area contributed by atoms with Crippen LogP contribution < -0.4 is 0 Å². The van der Waals surface area contributed by atoms with E-state index in [0.717, 1.165) is 38.5 Å². The number of aliphatic hydroxyl groups is 1. The molecule has 2 bridgehead atoms. The van der Waals surface area contributed by atoms with E-state index < -0.39 is 11.6 Å². The highest BCUT2D eigenvalue weighted by atomic mass is 31.1. The fourth-order valence-corrected chi connectivity index (χ4v) is 10.8. The van der Waals surface area contributed by atoms with Crippen LogP contribution in [0, 0.1) is 0 Å². The fraction of sp³-hybridized carbons (Fsp3) is 1.00. The van der Waals surface area contributed by atoms with E-state index in [1.54, 1.807) is 0 Å². The Hall–Kier alpha value is 0.310. The molecule has 5 unspecified atom stereocenters. The third kappa shape index (κ3) is 4.48. The zero-order valence-electron chi connectivity index (χ0n) is 18.4. The molecule has 0 aromatic carbocycles. The Kier molecular flexibility index (Phi) is 7.26. The largest absolute Gasteiger partial charge is 0.365 e. The molecule has 0 aromatic rings. The smallest absolute Gasteiger partial charge is 0.173 e. The quantitative estimate of drug-likeness (QED) is 0.468. The number of ether oxygens (including phenoxy) is 2. The molecule has 2 aliphatic rings. The third-order valence-corrected chi connectivity index (χ3v) is 9.88. The molecule has 2 saturated heterocycles. The molecule has 0 aromatic heterocycles. The van der Waals surface area contributed by atoms with Crippen molar-refractivity contribution in [2.24, 2.45) is 0 Å². The summed E-state index contributed by atoms with van der Waals surface area (Å²) in [4.78, 5) is 0. The molecule has 1 N–H and O–H groups in total. The van der Waals surface area contributed by atoms with Crippen molar-refractivity contribution in [1.29, 1.82) is 0 Å². The second kappa shape index (κ2) is 8.36. The second-order valence-corrected chi connectivity index (χ2v) is 13.2. The standard InChI is InChI=1S/C22H43O3P/c1-8-12-18-16-21(14-10-3)24-20(23,13-9-2)17-22(25-21,15-11-4)26(18)19(5,6)7/h18,23H,8-17H2,1-7H3. The topological polar surface area (TPSA) is 38.7 Å². The monoisotopic (exact) mass is 386 g/mol. The van der Waals surface area contributed by atoms with E-state index in [1.165, 1.54) is 12.8 Å². The molecule has 4 heteroatoms. The average Bonchev–Trinajstić information content (AvgIpc) is 2.44. The Morgan fingerprint density at radius 1 is 0.923 bits per heavy atom. The predicted molar refractivity (Wildman–Crippen MR) is 112 cm³/mol. The maximum absolute atomic E-state index is 11.5. The van der Waals surface area contributed by atoms with Gasteiger partial charge < -0.3 is 14.6 Å². The highest BCUT2D eigenvalue weighted by Gasteiger charge is 2.64. The van der Waals surface area contributed by atoms with Gasteiger partial charge in [0.25, 0.3) is 0 Å². The van der Waals surface area contributed by atoms with E-state index in [4.69, 9.17) is 9.47 Å². The molecule has 2 rings (SSSR count). The van der Waals surface area contributed by atoms with Crippen molar-refractivity contribution in [1.82, 2.24) is 0 Å². The van der Waals surface area contributed by atoms with Crippen molar-refractivity contribution >= 4 is 7.92 Å². The van der Waals surface area contributed by atoms with Crippen LogP contribution in [0.15, 0.2) is 0 Å². The molecule has 0 amide bonds. The number of hydrogen-bond donors (Lipinski definition) is 1. The van der Waals surface area contributed by atoms with Gasteiger partial charge in [-0.25, -0.2) is 0 Å². The van der Waals surface area contributed by atoms with Gasteiger partial charge in [0.05, 0.1) is 5.34 Å².